The Hall–Kier alpha value is -1.32. The number of fused-ring (bicyclic) bond motifs is 1. The maximum absolute atomic E-state index is 9.85. The van der Waals surface area contributed by atoms with Gasteiger partial charge in [0, 0.05) is 24.0 Å². The number of rotatable bonds is 2. The molecule has 0 aliphatic rings. The van der Waals surface area contributed by atoms with Crippen LogP contribution in [0.25, 0.3) is 5.52 Å². The maximum atomic E-state index is 9.85. The smallest absolute Gasteiger partial charge is 0.0958 e. The molecular formula is C11H14N2O. The first-order valence-corrected chi connectivity index (χ1v) is 4.69. The minimum atomic E-state index is -0.595. The minimum absolute atomic E-state index is 0.249. The van der Waals surface area contributed by atoms with E-state index in [4.69, 9.17) is 5.73 Å². The SMILES string of the molecule is C[C@H](N)[C@@H](O)c1ccn2ccccc12. The zero-order chi connectivity index (χ0) is 10.1. The normalized spacial score (nSPS) is 15.6. The third-order valence-electron chi connectivity index (χ3n) is 2.42. The van der Waals surface area contributed by atoms with Gasteiger partial charge in [-0.25, -0.2) is 0 Å². The van der Waals surface area contributed by atoms with Gasteiger partial charge in [-0.3, -0.25) is 0 Å². The standard InChI is InChI=1S/C11H14N2O/c1-8(12)11(14)9-5-7-13-6-3-2-4-10(9)13/h2-8,11,14H,12H2,1H3/t8-,11+/m0/s1. The van der Waals surface area contributed by atoms with E-state index in [2.05, 4.69) is 0 Å². The Labute approximate surface area is 82.8 Å². The highest BCUT2D eigenvalue weighted by atomic mass is 16.3. The van der Waals surface area contributed by atoms with Crippen molar-refractivity contribution in [3.63, 3.8) is 0 Å². The first-order valence-electron chi connectivity index (χ1n) is 4.69. The molecule has 74 valence electrons. The van der Waals surface area contributed by atoms with Gasteiger partial charge >= 0.3 is 0 Å². The van der Waals surface area contributed by atoms with Gasteiger partial charge in [-0.1, -0.05) is 6.07 Å². The molecule has 0 spiro atoms. The zero-order valence-corrected chi connectivity index (χ0v) is 8.09. The molecule has 0 aliphatic heterocycles. The Balaban J connectivity index is 2.53. The van der Waals surface area contributed by atoms with Crippen LogP contribution in [0.1, 0.15) is 18.6 Å². The highest BCUT2D eigenvalue weighted by Gasteiger charge is 2.15. The van der Waals surface area contributed by atoms with Gasteiger partial charge in [-0.2, -0.15) is 0 Å². The van der Waals surface area contributed by atoms with Crippen molar-refractivity contribution in [2.45, 2.75) is 19.1 Å². The summed E-state index contributed by atoms with van der Waals surface area (Å²) in [5.41, 5.74) is 7.56. The van der Waals surface area contributed by atoms with Crippen molar-refractivity contribution >= 4 is 5.52 Å². The molecule has 0 aliphatic carbocycles. The number of aliphatic hydroxyl groups is 1. The van der Waals surface area contributed by atoms with Gasteiger partial charge < -0.3 is 15.2 Å². The summed E-state index contributed by atoms with van der Waals surface area (Å²) < 4.78 is 1.97. The summed E-state index contributed by atoms with van der Waals surface area (Å²) in [6.45, 7) is 1.80. The van der Waals surface area contributed by atoms with Crippen molar-refractivity contribution in [1.82, 2.24) is 4.40 Å². The first kappa shape index (κ1) is 9.24. The fourth-order valence-corrected chi connectivity index (χ4v) is 1.61. The molecule has 0 unspecified atom stereocenters. The number of hydrogen-bond acceptors (Lipinski definition) is 2. The van der Waals surface area contributed by atoms with E-state index in [1.54, 1.807) is 6.92 Å². The van der Waals surface area contributed by atoms with Gasteiger partial charge in [-0.05, 0) is 25.1 Å². The molecule has 2 aromatic rings. The van der Waals surface area contributed by atoms with Crippen molar-refractivity contribution in [3.05, 3.63) is 42.2 Å². The molecule has 0 saturated heterocycles. The Morgan fingerprint density at radius 2 is 2.07 bits per heavy atom. The van der Waals surface area contributed by atoms with Crippen LogP contribution in [0.15, 0.2) is 36.7 Å². The Morgan fingerprint density at radius 3 is 2.79 bits per heavy atom. The van der Waals surface area contributed by atoms with Gasteiger partial charge in [-0.15, -0.1) is 0 Å². The van der Waals surface area contributed by atoms with E-state index < -0.39 is 6.10 Å². The third kappa shape index (κ3) is 1.41. The molecule has 0 bridgehead atoms. The molecular weight excluding hydrogens is 176 g/mol. The average molecular weight is 190 g/mol. The largest absolute Gasteiger partial charge is 0.387 e. The highest BCUT2D eigenvalue weighted by Crippen LogP contribution is 2.21. The molecule has 3 N–H and O–H groups in total. The second-order valence-corrected chi connectivity index (χ2v) is 3.57. The lowest BCUT2D eigenvalue weighted by Gasteiger charge is -2.13. The number of hydrogen-bond donors (Lipinski definition) is 2. The Morgan fingerprint density at radius 1 is 1.29 bits per heavy atom. The van der Waals surface area contributed by atoms with E-state index in [1.807, 2.05) is 41.1 Å². The minimum Gasteiger partial charge on any atom is -0.387 e. The number of aromatic nitrogens is 1. The van der Waals surface area contributed by atoms with E-state index in [-0.39, 0.29) is 6.04 Å². The zero-order valence-electron chi connectivity index (χ0n) is 8.09. The molecule has 2 heterocycles. The summed E-state index contributed by atoms with van der Waals surface area (Å²) in [7, 11) is 0. The van der Waals surface area contributed by atoms with Gasteiger partial charge in [0.25, 0.3) is 0 Å². The van der Waals surface area contributed by atoms with Gasteiger partial charge in [0.05, 0.1) is 11.6 Å². The van der Waals surface area contributed by atoms with Crippen molar-refractivity contribution in [2.24, 2.45) is 5.73 Å². The van der Waals surface area contributed by atoms with Crippen LogP contribution in [0.5, 0.6) is 0 Å². The predicted octanol–water partition coefficient (Wildman–Crippen LogP) is 1.32. The highest BCUT2D eigenvalue weighted by molar-refractivity contribution is 5.56. The average Bonchev–Trinajstić information content (AvgIpc) is 2.60. The van der Waals surface area contributed by atoms with Crippen LogP contribution in [0.2, 0.25) is 0 Å². The van der Waals surface area contributed by atoms with Crippen LogP contribution >= 0.6 is 0 Å². The van der Waals surface area contributed by atoms with Gasteiger partial charge in [0.1, 0.15) is 0 Å². The Kier molecular flexibility index (Phi) is 2.27. The molecule has 3 nitrogen and oxygen atoms in total. The molecule has 0 fully saturated rings. The second kappa shape index (κ2) is 3.44. The fraction of sp³-hybridized carbons (Fsp3) is 0.273. The quantitative estimate of drug-likeness (QED) is 0.750. The Bertz CT molecular complexity index is 434. The maximum Gasteiger partial charge on any atom is 0.0958 e. The lowest BCUT2D eigenvalue weighted by atomic mass is 10.1. The number of aliphatic hydroxyl groups excluding tert-OH is 1. The van der Waals surface area contributed by atoms with E-state index in [9.17, 15) is 5.11 Å². The summed E-state index contributed by atoms with van der Waals surface area (Å²) in [6.07, 6.45) is 3.28. The topological polar surface area (TPSA) is 50.7 Å². The number of nitrogens with two attached hydrogens (primary N) is 1. The summed E-state index contributed by atoms with van der Waals surface area (Å²) in [4.78, 5) is 0. The first-order chi connectivity index (χ1) is 6.70. The van der Waals surface area contributed by atoms with Crippen LogP contribution in [0.4, 0.5) is 0 Å². The van der Waals surface area contributed by atoms with E-state index >= 15 is 0 Å². The van der Waals surface area contributed by atoms with Crippen molar-refractivity contribution in [3.8, 4) is 0 Å². The predicted molar refractivity (Wildman–Crippen MR) is 56.0 cm³/mol. The van der Waals surface area contributed by atoms with Crippen LogP contribution in [0, 0.1) is 0 Å². The van der Waals surface area contributed by atoms with Gasteiger partial charge in [0.2, 0.25) is 0 Å². The summed E-state index contributed by atoms with van der Waals surface area (Å²) >= 11 is 0. The van der Waals surface area contributed by atoms with Crippen LogP contribution < -0.4 is 5.73 Å². The van der Waals surface area contributed by atoms with Crippen molar-refractivity contribution < 1.29 is 5.11 Å². The molecule has 0 saturated carbocycles. The molecule has 14 heavy (non-hydrogen) atoms. The fourth-order valence-electron chi connectivity index (χ4n) is 1.61. The van der Waals surface area contributed by atoms with Crippen molar-refractivity contribution in [1.29, 1.82) is 0 Å². The number of nitrogens with zero attached hydrogens (tertiary/aromatic N) is 1. The molecule has 2 rings (SSSR count). The van der Waals surface area contributed by atoms with Crippen LogP contribution in [-0.4, -0.2) is 15.5 Å². The summed E-state index contributed by atoms with van der Waals surface area (Å²) in [5, 5.41) is 9.85. The molecule has 0 radical (unpaired) electrons. The van der Waals surface area contributed by atoms with E-state index in [0.717, 1.165) is 11.1 Å². The van der Waals surface area contributed by atoms with Crippen LogP contribution in [0.3, 0.4) is 0 Å². The lowest BCUT2D eigenvalue weighted by molar-refractivity contribution is 0.155. The molecule has 0 amide bonds. The summed E-state index contributed by atoms with van der Waals surface area (Å²) in [5.74, 6) is 0. The van der Waals surface area contributed by atoms with E-state index in [0.29, 0.717) is 0 Å². The van der Waals surface area contributed by atoms with E-state index in [1.165, 1.54) is 0 Å². The second-order valence-electron chi connectivity index (χ2n) is 3.57. The molecule has 2 atom stereocenters. The lowest BCUT2D eigenvalue weighted by Crippen LogP contribution is -2.24. The van der Waals surface area contributed by atoms with Gasteiger partial charge in [0.15, 0.2) is 0 Å². The molecule has 0 aromatic carbocycles. The third-order valence-corrected chi connectivity index (χ3v) is 2.42. The molecule has 2 aromatic heterocycles. The van der Waals surface area contributed by atoms with Crippen molar-refractivity contribution in [2.75, 3.05) is 0 Å². The monoisotopic (exact) mass is 190 g/mol. The van der Waals surface area contributed by atoms with Crippen LogP contribution in [-0.2, 0) is 0 Å². The molecule has 3 heteroatoms. The summed E-state index contributed by atoms with van der Waals surface area (Å²) in [6, 6.07) is 7.54. The number of pyridine rings is 1.